The summed E-state index contributed by atoms with van der Waals surface area (Å²) in [6, 6.07) is 4.95. The molecule has 1 aromatic carbocycles. The number of amides is 1. The number of nitro benzene ring substituents is 1. The highest BCUT2D eigenvalue weighted by atomic mass is 16.6. The van der Waals surface area contributed by atoms with Gasteiger partial charge in [0.15, 0.2) is 0 Å². The minimum absolute atomic E-state index is 0.00937. The third-order valence-corrected chi connectivity index (χ3v) is 4.43. The number of hydrogen-bond donors (Lipinski definition) is 0. The fourth-order valence-electron chi connectivity index (χ4n) is 3.05. The van der Waals surface area contributed by atoms with Crippen LogP contribution in [0.5, 0.6) is 0 Å². The second-order valence-corrected chi connectivity index (χ2v) is 5.77. The number of benzene rings is 1. The summed E-state index contributed by atoms with van der Waals surface area (Å²) in [5.41, 5.74) is 0.902. The third kappa shape index (κ3) is 3.40. The van der Waals surface area contributed by atoms with Crippen molar-refractivity contribution in [2.24, 2.45) is 0 Å². The normalized spacial score (nSPS) is 16.3. The van der Waals surface area contributed by atoms with Gasteiger partial charge in [-0.3, -0.25) is 14.9 Å². The maximum absolute atomic E-state index is 12.7. The third-order valence-electron chi connectivity index (χ3n) is 4.43. The van der Waals surface area contributed by atoms with Crippen molar-refractivity contribution in [3.05, 3.63) is 39.4 Å². The predicted octanol–water partition coefficient (Wildman–Crippen LogP) is 3.70. The lowest BCUT2D eigenvalue weighted by atomic mass is 10.0. The average Bonchev–Trinajstić information content (AvgIpc) is 2.74. The van der Waals surface area contributed by atoms with Crippen LogP contribution >= 0.6 is 0 Å². The average molecular weight is 290 g/mol. The topological polar surface area (TPSA) is 63.5 Å². The van der Waals surface area contributed by atoms with Crippen LogP contribution in [0.4, 0.5) is 5.69 Å². The highest BCUT2D eigenvalue weighted by molar-refractivity contribution is 5.96. The van der Waals surface area contributed by atoms with E-state index in [4.69, 9.17) is 0 Å². The molecular weight excluding hydrogens is 268 g/mol. The molecule has 0 N–H and O–H groups in total. The van der Waals surface area contributed by atoms with Gasteiger partial charge in [-0.05, 0) is 25.8 Å². The number of nitrogens with zero attached hydrogens (tertiary/aromatic N) is 2. The lowest BCUT2D eigenvalue weighted by Gasteiger charge is -2.27. The van der Waals surface area contributed by atoms with E-state index < -0.39 is 4.92 Å². The molecule has 1 amide bonds. The Balaban J connectivity index is 2.22. The van der Waals surface area contributed by atoms with Gasteiger partial charge >= 0.3 is 0 Å². The molecule has 21 heavy (non-hydrogen) atoms. The number of carbonyl (C=O) groups excluding carboxylic acids is 1. The summed E-state index contributed by atoms with van der Waals surface area (Å²) < 4.78 is 0. The van der Waals surface area contributed by atoms with Crippen molar-refractivity contribution in [3.63, 3.8) is 0 Å². The van der Waals surface area contributed by atoms with Gasteiger partial charge in [-0.1, -0.05) is 31.7 Å². The molecule has 5 heteroatoms. The summed E-state index contributed by atoms with van der Waals surface area (Å²) in [5.74, 6) is -0.108. The van der Waals surface area contributed by atoms with E-state index in [0.717, 1.165) is 25.7 Å². The largest absolute Gasteiger partial charge is 0.339 e. The molecule has 1 saturated carbocycles. The van der Waals surface area contributed by atoms with Crippen LogP contribution in [0, 0.1) is 17.0 Å². The van der Waals surface area contributed by atoms with Crippen molar-refractivity contribution in [1.82, 2.24) is 4.90 Å². The lowest BCUT2D eigenvalue weighted by molar-refractivity contribution is -0.385. The number of nitro groups is 1. The SMILES string of the molecule is Cc1c(C(=O)N(C)C2CCCCCC2)cccc1[N+](=O)[O-]. The van der Waals surface area contributed by atoms with E-state index in [1.54, 1.807) is 24.0 Å². The summed E-state index contributed by atoms with van der Waals surface area (Å²) in [7, 11) is 1.82. The molecule has 0 unspecified atom stereocenters. The van der Waals surface area contributed by atoms with Gasteiger partial charge in [-0.25, -0.2) is 0 Å². The van der Waals surface area contributed by atoms with Gasteiger partial charge in [-0.2, -0.15) is 0 Å². The van der Waals surface area contributed by atoms with Crippen molar-refractivity contribution in [3.8, 4) is 0 Å². The first-order valence-electron chi connectivity index (χ1n) is 7.53. The van der Waals surface area contributed by atoms with E-state index in [1.165, 1.54) is 18.9 Å². The van der Waals surface area contributed by atoms with E-state index in [-0.39, 0.29) is 17.6 Å². The summed E-state index contributed by atoms with van der Waals surface area (Å²) in [4.78, 5) is 25.0. The molecule has 114 valence electrons. The van der Waals surface area contributed by atoms with E-state index in [9.17, 15) is 14.9 Å². The van der Waals surface area contributed by atoms with Crippen LogP contribution in [0.15, 0.2) is 18.2 Å². The molecule has 0 saturated heterocycles. The lowest BCUT2D eigenvalue weighted by Crippen LogP contribution is -2.37. The molecule has 0 heterocycles. The van der Waals surface area contributed by atoms with Crippen LogP contribution in [0.25, 0.3) is 0 Å². The van der Waals surface area contributed by atoms with Crippen LogP contribution in [-0.2, 0) is 0 Å². The maximum Gasteiger partial charge on any atom is 0.273 e. The molecule has 0 aliphatic heterocycles. The van der Waals surface area contributed by atoms with Crippen molar-refractivity contribution in [1.29, 1.82) is 0 Å². The summed E-state index contributed by atoms with van der Waals surface area (Å²) in [6.45, 7) is 1.65. The van der Waals surface area contributed by atoms with Gasteiger partial charge in [-0.15, -0.1) is 0 Å². The molecule has 2 rings (SSSR count). The first kappa shape index (κ1) is 15.5. The van der Waals surface area contributed by atoms with Gasteiger partial charge in [0.05, 0.1) is 4.92 Å². The smallest absolute Gasteiger partial charge is 0.273 e. The van der Waals surface area contributed by atoms with Crippen molar-refractivity contribution < 1.29 is 9.72 Å². The fraction of sp³-hybridized carbons (Fsp3) is 0.562. The van der Waals surface area contributed by atoms with Crippen molar-refractivity contribution in [2.45, 2.75) is 51.5 Å². The molecule has 0 spiro atoms. The Labute approximate surface area is 125 Å². The predicted molar refractivity (Wildman–Crippen MR) is 81.4 cm³/mol. The molecule has 1 fully saturated rings. The molecule has 0 radical (unpaired) electrons. The summed E-state index contributed by atoms with van der Waals surface area (Å²) in [6.07, 6.45) is 6.81. The van der Waals surface area contributed by atoms with Gasteiger partial charge in [0.1, 0.15) is 0 Å². The Hall–Kier alpha value is -1.91. The molecule has 5 nitrogen and oxygen atoms in total. The monoisotopic (exact) mass is 290 g/mol. The Kier molecular flexibility index (Phi) is 4.94. The molecule has 1 aliphatic rings. The van der Waals surface area contributed by atoms with Crippen LogP contribution in [0.3, 0.4) is 0 Å². The second-order valence-electron chi connectivity index (χ2n) is 5.77. The minimum Gasteiger partial charge on any atom is -0.339 e. The number of hydrogen-bond acceptors (Lipinski definition) is 3. The van der Waals surface area contributed by atoms with Crippen LogP contribution in [0.2, 0.25) is 0 Å². The molecule has 0 atom stereocenters. The Morgan fingerprint density at radius 3 is 2.43 bits per heavy atom. The molecule has 1 aromatic rings. The molecule has 1 aliphatic carbocycles. The second kappa shape index (κ2) is 6.70. The molecule has 0 bridgehead atoms. The van der Waals surface area contributed by atoms with Gasteiger partial charge in [0, 0.05) is 30.3 Å². The minimum atomic E-state index is -0.433. The first-order chi connectivity index (χ1) is 10.0. The number of rotatable bonds is 3. The fourth-order valence-corrected chi connectivity index (χ4v) is 3.05. The van der Waals surface area contributed by atoms with Gasteiger partial charge < -0.3 is 4.90 Å². The van der Waals surface area contributed by atoms with Crippen LogP contribution in [0.1, 0.15) is 54.4 Å². The van der Waals surface area contributed by atoms with Gasteiger partial charge in [0.2, 0.25) is 0 Å². The number of carbonyl (C=O) groups is 1. The summed E-state index contributed by atoms with van der Waals surface area (Å²) in [5, 5.41) is 11.0. The molecule has 0 aromatic heterocycles. The highest BCUT2D eigenvalue weighted by Gasteiger charge is 2.25. The quantitative estimate of drug-likeness (QED) is 0.484. The highest BCUT2D eigenvalue weighted by Crippen LogP contribution is 2.25. The van der Waals surface area contributed by atoms with Crippen LogP contribution in [-0.4, -0.2) is 28.8 Å². The maximum atomic E-state index is 12.7. The summed E-state index contributed by atoms with van der Waals surface area (Å²) >= 11 is 0. The zero-order chi connectivity index (χ0) is 15.4. The Bertz CT molecular complexity index is 534. The Morgan fingerprint density at radius 1 is 1.24 bits per heavy atom. The zero-order valence-corrected chi connectivity index (χ0v) is 12.7. The van der Waals surface area contributed by atoms with Crippen molar-refractivity contribution >= 4 is 11.6 Å². The van der Waals surface area contributed by atoms with Crippen molar-refractivity contribution in [2.75, 3.05) is 7.05 Å². The van der Waals surface area contributed by atoms with E-state index in [2.05, 4.69) is 0 Å². The Morgan fingerprint density at radius 2 is 1.86 bits per heavy atom. The first-order valence-corrected chi connectivity index (χ1v) is 7.53. The van der Waals surface area contributed by atoms with E-state index in [1.807, 2.05) is 7.05 Å². The standard InChI is InChI=1S/C16H22N2O3/c1-12-14(10-7-11-15(12)18(20)21)16(19)17(2)13-8-5-3-4-6-9-13/h7,10-11,13H,3-6,8-9H2,1-2H3. The van der Waals surface area contributed by atoms with Crippen LogP contribution < -0.4 is 0 Å². The van der Waals surface area contributed by atoms with Gasteiger partial charge in [0.25, 0.3) is 11.6 Å². The molecular formula is C16H22N2O3. The van der Waals surface area contributed by atoms with E-state index >= 15 is 0 Å². The zero-order valence-electron chi connectivity index (χ0n) is 12.7. The van der Waals surface area contributed by atoms with E-state index in [0.29, 0.717) is 11.1 Å².